The molecule has 0 aliphatic carbocycles. The first kappa shape index (κ1) is 16.5. The quantitative estimate of drug-likeness (QED) is 0.670. The first-order valence-electron chi connectivity index (χ1n) is 7.20. The number of aryl methyl sites for hydroxylation is 1. The fraction of sp³-hybridized carbons (Fsp3) is 0.562. The number of unbranched alkanes of at least 4 members (excludes halogenated alkanes) is 3. The van der Waals surface area contributed by atoms with E-state index >= 15 is 0 Å². The number of nitrogens with one attached hydrogen (secondary N) is 1. The standard InChI is InChI=1S/C16H25NO3/c1-14-7-9-15(10-8-14)20-12-6-4-3-5-11-19-13-16(18)17-2/h7-10H,3-6,11-13H2,1-2H3,(H,17,18). The molecule has 0 aliphatic heterocycles. The molecule has 1 rings (SSSR count). The van der Waals surface area contributed by atoms with Crippen molar-refractivity contribution in [2.75, 3.05) is 26.9 Å². The molecule has 0 bridgehead atoms. The van der Waals surface area contributed by atoms with Gasteiger partial charge in [0.1, 0.15) is 12.4 Å². The maximum absolute atomic E-state index is 10.9. The minimum atomic E-state index is -0.0727. The SMILES string of the molecule is CNC(=O)COCCCCCCOc1ccc(C)cc1. The van der Waals surface area contributed by atoms with Crippen LogP contribution < -0.4 is 10.1 Å². The second kappa shape index (κ2) is 10.3. The number of hydrogen-bond donors (Lipinski definition) is 1. The lowest BCUT2D eigenvalue weighted by Gasteiger charge is -2.06. The van der Waals surface area contributed by atoms with Crippen LogP contribution in [-0.4, -0.2) is 32.8 Å². The molecule has 0 aromatic heterocycles. The Bertz CT molecular complexity index is 376. The third-order valence-electron chi connectivity index (χ3n) is 2.98. The van der Waals surface area contributed by atoms with E-state index in [1.165, 1.54) is 5.56 Å². The van der Waals surface area contributed by atoms with Crippen molar-refractivity contribution in [2.24, 2.45) is 0 Å². The minimum absolute atomic E-state index is 0.0727. The third kappa shape index (κ3) is 7.79. The smallest absolute Gasteiger partial charge is 0.245 e. The van der Waals surface area contributed by atoms with Gasteiger partial charge in [0.05, 0.1) is 6.61 Å². The maximum atomic E-state index is 10.9. The van der Waals surface area contributed by atoms with Crippen molar-refractivity contribution < 1.29 is 14.3 Å². The van der Waals surface area contributed by atoms with Gasteiger partial charge < -0.3 is 14.8 Å². The Hall–Kier alpha value is -1.55. The van der Waals surface area contributed by atoms with Gasteiger partial charge in [-0.3, -0.25) is 4.79 Å². The number of amides is 1. The molecule has 0 saturated carbocycles. The van der Waals surface area contributed by atoms with E-state index in [0.717, 1.165) is 38.0 Å². The van der Waals surface area contributed by atoms with Gasteiger partial charge in [-0.05, 0) is 38.3 Å². The summed E-state index contributed by atoms with van der Waals surface area (Å²) < 4.78 is 10.9. The number of rotatable bonds is 10. The van der Waals surface area contributed by atoms with Crippen molar-refractivity contribution in [3.8, 4) is 5.75 Å². The van der Waals surface area contributed by atoms with Crippen LogP contribution in [0.15, 0.2) is 24.3 Å². The van der Waals surface area contributed by atoms with Gasteiger partial charge in [0.25, 0.3) is 0 Å². The van der Waals surface area contributed by atoms with Crippen LogP contribution in [0.2, 0.25) is 0 Å². The number of carbonyl (C=O) groups is 1. The summed E-state index contributed by atoms with van der Waals surface area (Å²) in [6.45, 7) is 3.62. The van der Waals surface area contributed by atoms with E-state index in [1.54, 1.807) is 7.05 Å². The van der Waals surface area contributed by atoms with E-state index in [1.807, 2.05) is 12.1 Å². The molecule has 0 aliphatic rings. The van der Waals surface area contributed by atoms with Crippen LogP contribution in [0.25, 0.3) is 0 Å². The van der Waals surface area contributed by atoms with E-state index in [9.17, 15) is 4.79 Å². The molecular formula is C16H25NO3. The van der Waals surface area contributed by atoms with Crippen LogP contribution in [0.1, 0.15) is 31.2 Å². The van der Waals surface area contributed by atoms with E-state index in [-0.39, 0.29) is 12.5 Å². The van der Waals surface area contributed by atoms with Crippen molar-refractivity contribution in [2.45, 2.75) is 32.6 Å². The predicted molar refractivity (Wildman–Crippen MR) is 80.0 cm³/mol. The van der Waals surface area contributed by atoms with Crippen LogP contribution in [0.3, 0.4) is 0 Å². The van der Waals surface area contributed by atoms with Crippen LogP contribution in [0.5, 0.6) is 5.75 Å². The molecule has 1 amide bonds. The Morgan fingerprint density at radius 3 is 2.35 bits per heavy atom. The highest BCUT2D eigenvalue weighted by atomic mass is 16.5. The van der Waals surface area contributed by atoms with Gasteiger partial charge in [-0.15, -0.1) is 0 Å². The van der Waals surface area contributed by atoms with Gasteiger partial charge in [0, 0.05) is 13.7 Å². The first-order valence-corrected chi connectivity index (χ1v) is 7.20. The summed E-state index contributed by atoms with van der Waals surface area (Å²) in [5.74, 6) is 0.862. The Balaban J connectivity index is 1.90. The molecule has 4 nitrogen and oxygen atoms in total. The molecule has 4 heteroatoms. The van der Waals surface area contributed by atoms with Crippen molar-refractivity contribution in [3.05, 3.63) is 29.8 Å². The summed E-state index contributed by atoms with van der Waals surface area (Å²) in [5.41, 5.74) is 1.24. The average molecular weight is 279 g/mol. The normalized spacial score (nSPS) is 10.3. The van der Waals surface area contributed by atoms with Gasteiger partial charge in [-0.2, -0.15) is 0 Å². The van der Waals surface area contributed by atoms with Crippen LogP contribution in [0, 0.1) is 6.92 Å². The average Bonchev–Trinajstić information content (AvgIpc) is 2.47. The molecule has 1 aromatic rings. The summed E-state index contributed by atoms with van der Waals surface area (Å²) in [5, 5.41) is 2.52. The minimum Gasteiger partial charge on any atom is -0.494 e. The Morgan fingerprint density at radius 2 is 1.70 bits per heavy atom. The van der Waals surface area contributed by atoms with Gasteiger partial charge in [0.2, 0.25) is 5.91 Å². The van der Waals surface area contributed by atoms with Crippen molar-refractivity contribution in [1.29, 1.82) is 0 Å². The van der Waals surface area contributed by atoms with Crippen LogP contribution in [-0.2, 0) is 9.53 Å². The molecule has 0 radical (unpaired) electrons. The number of likely N-dealkylation sites (N-methyl/N-ethyl adjacent to an activating group) is 1. The van der Waals surface area contributed by atoms with Gasteiger partial charge in [0.15, 0.2) is 0 Å². The molecule has 0 saturated heterocycles. The monoisotopic (exact) mass is 279 g/mol. The van der Waals surface area contributed by atoms with Gasteiger partial charge in [-0.1, -0.05) is 24.1 Å². The number of benzene rings is 1. The summed E-state index contributed by atoms with van der Waals surface area (Å²) >= 11 is 0. The molecule has 1 N–H and O–H groups in total. The fourth-order valence-corrected chi connectivity index (χ4v) is 1.72. The summed E-state index contributed by atoms with van der Waals surface area (Å²) in [6, 6.07) is 8.11. The maximum Gasteiger partial charge on any atom is 0.245 e. The van der Waals surface area contributed by atoms with Crippen molar-refractivity contribution >= 4 is 5.91 Å². The van der Waals surface area contributed by atoms with Gasteiger partial charge in [-0.25, -0.2) is 0 Å². The summed E-state index contributed by atoms with van der Waals surface area (Å²) in [6.07, 6.45) is 4.26. The molecular weight excluding hydrogens is 254 g/mol. The molecule has 1 aromatic carbocycles. The summed E-state index contributed by atoms with van der Waals surface area (Å²) in [7, 11) is 1.61. The number of ether oxygens (including phenoxy) is 2. The second-order valence-corrected chi connectivity index (χ2v) is 4.80. The lowest BCUT2D eigenvalue weighted by atomic mass is 10.2. The van der Waals surface area contributed by atoms with E-state index in [2.05, 4.69) is 24.4 Å². The highest BCUT2D eigenvalue weighted by Crippen LogP contribution is 2.12. The third-order valence-corrected chi connectivity index (χ3v) is 2.98. The van der Waals surface area contributed by atoms with Crippen LogP contribution >= 0.6 is 0 Å². The highest BCUT2D eigenvalue weighted by molar-refractivity contribution is 5.76. The molecule has 0 spiro atoms. The Morgan fingerprint density at radius 1 is 1.05 bits per heavy atom. The molecule has 0 unspecified atom stereocenters. The first-order chi connectivity index (χ1) is 9.72. The van der Waals surface area contributed by atoms with Gasteiger partial charge >= 0.3 is 0 Å². The number of carbonyl (C=O) groups excluding carboxylic acids is 1. The molecule has 112 valence electrons. The van der Waals surface area contributed by atoms with E-state index in [4.69, 9.17) is 9.47 Å². The van der Waals surface area contributed by atoms with E-state index < -0.39 is 0 Å². The Kier molecular flexibility index (Phi) is 8.47. The second-order valence-electron chi connectivity index (χ2n) is 4.80. The largest absolute Gasteiger partial charge is 0.494 e. The molecule has 0 fully saturated rings. The molecule has 0 heterocycles. The zero-order chi connectivity index (χ0) is 14.6. The van der Waals surface area contributed by atoms with E-state index in [0.29, 0.717) is 6.61 Å². The molecule has 20 heavy (non-hydrogen) atoms. The highest BCUT2D eigenvalue weighted by Gasteiger charge is 1.97. The van der Waals surface area contributed by atoms with Crippen molar-refractivity contribution in [1.82, 2.24) is 5.32 Å². The fourth-order valence-electron chi connectivity index (χ4n) is 1.72. The number of hydrogen-bond acceptors (Lipinski definition) is 3. The zero-order valence-electron chi connectivity index (χ0n) is 12.5. The topological polar surface area (TPSA) is 47.6 Å². The van der Waals surface area contributed by atoms with Crippen molar-refractivity contribution in [3.63, 3.8) is 0 Å². The summed E-state index contributed by atoms with van der Waals surface area (Å²) in [4.78, 5) is 10.9. The lowest BCUT2D eigenvalue weighted by molar-refractivity contribution is -0.125. The van der Waals surface area contributed by atoms with Crippen LogP contribution in [0.4, 0.5) is 0 Å². The predicted octanol–water partition coefficient (Wildman–Crippen LogP) is 2.70. The Labute approximate surface area is 121 Å². The zero-order valence-corrected chi connectivity index (χ0v) is 12.5. The lowest BCUT2D eigenvalue weighted by Crippen LogP contribution is -2.23. The molecule has 0 atom stereocenters.